The molecule has 2 heterocycles. The number of nitrogens with zero attached hydrogens (tertiary/aromatic N) is 2. The number of fused-ring (bicyclic) bond motifs is 1. The van der Waals surface area contributed by atoms with Gasteiger partial charge in [0.15, 0.2) is 5.82 Å². The van der Waals surface area contributed by atoms with Gasteiger partial charge in [-0.1, -0.05) is 23.7 Å². The van der Waals surface area contributed by atoms with Crippen LogP contribution in [-0.2, 0) is 7.05 Å². The summed E-state index contributed by atoms with van der Waals surface area (Å²) in [6.45, 7) is 0. The molecule has 6 heteroatoms. The van der Waals surface area contributed by atoms with E-state index < -0.39 is 0 Å². The van der Waals surface area contributed by atoms with Crippen molar-refractivity contribution >= 4 is 45.6 Å². The number of imidazole rings is 1. The van der Waals surface area contributed by atoms with Gasteiger partial charge in [-0.2, -0.15) is 0 Å². The van der Waals surface area contributed by atoms with Crippen LogP contribution in [0.3, 0.4) is 0 Å². The van der Waals surface area contributed by atoms with Crippen LogP contribution < -0.4 is 5.32 Å². The number of hydrogen-bond acceptors (Lipinski definition) is 3. The molecule has 2 aromatic carbocycles. The highest BCUT2D eigenvalue weighted by molar-refractivity contribution is 7.17. The fourth-order valence-electron chi connectivity index (χ4n) is 2.67. The van der Waals surface area contributed by atoms with Gasteiger partial charge in [-0.25, -0.2) is 4.98 Å². The van der Waals surface area contributed by atoms with Crippen LogP contribution in [0.15, 0.2) is 60.7 Å². The molecule has 0 fully saturated rings. The number of anilines is 1. The van der Waals surface area contributed by atoms with E-state index in [1.165, 1.54) is 11.3 Å². The number of thiophene rings is 1. The summed E-state index contributed by atoms with van der Waals surface area (Å²) in [6, 6.07) is 18.8. The van der Waals surface area contributed by atoms with Gasteiger partial charge in [-0.3, -0.25) is 4.79 Å². The van der Waals surface area contributed by atoms with Gasteiger partial charge in [0.2, 0.25) is 0 Å². The zero-order valence-corrected chi connectivity index (χ0v) is 14.9. The average Bonchev–Trinajstić information content (AvgIpc) is 3.22. The molecule has 0 aliphatic heterocycles. The monoisotopic (exact) mass is 367 g/mol. The molecule has 0 atom stereocenters. The normalized spacial score (nSPS) is 11.0. The Hall–Kier alpha value is -2.63. The molecular weight excluding hydrogens is 354 g/mol. The number of aromatic nitrogens is 2. The van der Waals surface area contributed by atoms with Crippen molar-refractivity contribution < 1.29 is 4.79 Å². The molecule has 0 aliphatic rings. The summed E-state index contributed by atoms with van der Waals surface area (Å²) in [7, 11) is 1.98. The Balaban J connectivity index is 1.61. The molecule has 0 spiro atoms. The molecule has 0 saturated carbocycles. The number of aryl methyl sites for hydroxylation is 1. The van der Waals surface area contributed by atoms with Crippen molar-refractivity contribution in [3.8, 4) is 10.7 Å². The smallest absolute Gasteiger partial charge is 0.265 e. The Morgan fingerprint density at radius 2 is 1.84 bits per heavy atom. The fraction of sp³-hybridized carbons (Fsp3) is 0.0526. The van der Waals surface area contributed by atoms with E-state index in [1.54, 1.807) is 24.3 Å². The van der Waals surface area contributed by atoms with E-state index in [0.717, 1.165) is 21.7 Å². The molecule has 4 aromatic rings. The first-order valence-electron chi connectivity index (χ1n) is 7.70. The highest BCUT2D eigenvalue weighted by Gasteiger charge is 2.15. The SMILES string of the molecule is Cn1c(-c2ccc(C(=O)Nc3ccc(Cl)cc3)s2)nc2ccccc21. The minimum absolute atomic E-state index is 0.141. The van der Waals surface area contributed by atoms with Crippen LogP contribution in [-0.4, -0.2) is 15.5 Å². The standard InChI is InChI=1S/C19H14ClN3OS/c1-23-15-5-3-2-4-14(15)22-18(23)16-10-11-17(25-16)19(24)21-13-8-6-12(20)7-9-13/h2-11H,1H3,(H,21,24). The van der Waals surface area contributed by atoms with Crippen LogP contribution in [0.25, 0.3) is 21.7 Å². The summed E-state index contributed by atoms with van der Waals surface area (Å²) in [4.78, 5) is 18.7. The first-order chi connectivity index (χ1) is 12.1. The second kappa shape index (κ2) is 6.35. The molecule has 4 rings (SSSR count). The maximum atomic E-state index is 12.4. The molecule has 1 N–H and O–H groups in total. The van der Waals surface area contributed by atoms with E-state index in [-0.39, 0.29) is 5.91 Å². The van der Waals surface area contributed by atoms with Gasteiger partial charge < -0.3 is 9.88 Å². The van der Waals surface area contributed by atoms with Crippen molar-refractivity contribution in [1.82, 2.24) is 9.55 Å². The molecule has 0 aliphatic carbocycles. The minimum atomic E-state index is -0.141. The summed E-state index contributed by atoms with van der Waals surface area (Å²) < 4.78 is 2.04. The lowest BCUT2D eigenvalue weighted by molar-refractivity contribution is 0.103. The lowest BCUT2D eigenvalue weighted by atomic mass is 10.3. The maximum Gasteiger partial charge on any atom is 0.265 e. The predicted molar refractivity (Wildman–Crippen MR) is 103 cm³/mol. The van der Waals surface area contributed by atoms with Crippen LogP contribution >= 0.6 is 22.9 Å². The van der Waals surface area contributed by atoms with Gasteiger partial charge in [0.1, 0.15) is 0 Å². The Bertz CT molecular complexity index is 1070. The fourth-order valence-corrected chi connectivity index (χ4v) is 3.72. The zero-order valence-electron chi connectivity index (χ0n) is 13.4. The highest BCUT2D eigenvalue weighted by Crippen LogP contribution is 2.30. The molecule has 0 radical (unpaired) electrons. The van der Waals surface area contributed by atoms with E-state index in [4.69, 9.17) is 11.6 Å². The third kappa shape index (κ3) is 3.04. The van der Waals surface area contributed by atoms with Crippen LogP contribution in [0.2, 0.25) is 5.02 Å². The molecule has 124 valence electrons. The van der Waals surface area contributed by atoms with E-state index in [1.807, 2.05) is 48.0 Å². The van der Waals surface area contributed by atoms with E-state index in [2.05, 4.69) is 10.3 Å². The second-order valence-corrected chi connectivity index (χ2v) is 7.13. The highest BCUT2D eigenvalue weighted by atomic mass is 35.5. The lowest BCUT2D eigenvalue weighted by Gasteiger charge is -2.03. The quantitative estimate of drug-likeness (QED) is 0.540. The third-order valence-electron chi connectivity index (χ3n) is 3.94. The number of amides is 1. The van der Waals surface area contributed by atoms with Crippen LogP contribution in [0.5, 0.6) is 0 Å². The molecule has 0 unspecified atom stereocenters. The Morgan fingerprint density at radius 1 is 1.08 bits per heavy atom. The second-order valence-electron chi connectivity index (χ2n) is 5.61. The number of halogens is 1. The molecular formula is C19H14ClN3OS. The Kier molecular flexibility index (Phi) is 4.03. The van der Waals surface area contributed by atoms with Gasteiger partial charge in [-0.15, -0.1) is 11.3 Å². The Morgan fingerprint density at radius 3 is 2.60 bits per heavy atom. The van der Waals surface area contributed by atoms with Crippen LogP contribution in [0.1, 0.15) is 9.67 Å². The largest absolute Gasteiger partial charge is 0.326 e. The number of carbonyl (C=O) groups is 1. The first kappa shape index (κ1) is 15.9. The first-order valence-corrected chi connectivity index (χ1v) is 8.90. The van der Waals surface area contributed by atoms with Crippen molar-refractivity contribution in [2.24, 2.45) is 7.05 Å². The number of rotatable bonds is 3. The summed E-state index contributed by atoms with van der Waals surface area (Å²) >= 11 is 7.29. The number of carbonyl (C=O) groups excluding carboxylic acids is 1. The van der Waals surface area contributed by atoms with Gasteiger partial charge in [0.05, 0.1) is 20.8 Å². The maximum absolute atomic E-state index is 12.4. The number of para-hydroxylation sites is 2. The minimum Gasteiger partial charge on any atom is -0.326 e. The molecule has 0 bridgehead atoms. The number of hydrogen-bond donors (Lipinski definition) is 1. The lowest BCUT2D eigenvalue weighted by Crippen LogP contribution is -2.09. The number of benzene rings is 2. The van der Waals surface area contributed by atoms with Crippen molar-refractivity contribution in [3.63, 3.8) is 0 Å². The van der Waals surface area contributed by atoms with E-state index in [9.17, 15) is 4.79 Å². The summed E-state index contributed by atoms with van der Waals surface area (Å²) in [6.07, 6.45) is 0. The average molecular weight is 368 g/mol. The summed E-state index contributed by atoms with van der Waals surface area (Å²) in [5, 5.41) is 3.51. The predicted octanol–water partition coefficient (Wildman–Crippen LogP) is 5.21. The summed E-state index contributed by atoms with van der Waals surface area (Å²) in [5.41, 5.74) is 2.73. The van der Waals surface area contributed by atoms with Gasteiger partial charge in [0.25, 0.3) is 5.91 Å². The molecule has 4 nitrogen and oxygen atoms in total. The Labute approximate surface area is 153 Å². The molecule has 2 aromatic heterocycles. The van der Waals surface area contributed by atoms with Crippen molar-refractivity contribution in [3.05, 3.63) is 70.6 Å². The molecule has 0 saturated heterocycles. The van der Waals surface area contributed by atoms with Crippen LogP contribution in [0, 0.1) is 0 Å². The van der Waals surface area contributed by atoms with Crippen LogP contribution in [0.4, 0.5) is 5.69 Å². The number of nitrogens with one attached hydrogen (secondary N) is 1. The van der Waals surface area contributed by atoms with Crippen molar-refractivity contribution in [2.45, 2.75) is 0 Å². The molecule has 25 heavy (non-hydrogen) atoms. The molecule has 1 amide bonds. The van der Waals surface area contributed by atoms with Crippen molar-refractivity contribution in [1.29, 1.82) is 0 Å². The van der Waals surface area contributed by atoms with Crippen molar-refractivity contribution in [2.75, 3.05) is 5.32 Å². The van der Waals surface area contributed by atoms with Gasteiger partial charge >= 0.3 is 0 Å². The van der Waals surface area contributed by atoms with Gasteiger partial charge in [-0.05, 0) is 48.5 Å². The zero-order chi connectivity index (χ0) is 17.4. The topological polar surface area (TPSA) is 46.9 Å². The summed E-state index contributed by atoms with van der Waals surface area (Å²) in [5.74, 6) is 0.717. The third-order valence-corrected chi connectivity index (χ3v) is 5.27. The van der Waals surface area contributed by atoms with Gasteiger partial charge in [0, 0.05) is 17.8 Å². The van der Waals surface area contributed by atoms with E-state index >= 15 is 0 Å². The van der Waals surface area contributed by atoms with E-state index in [0.29, 0.717) is 15.6 Å².